The molecule has 0 bridgehead atoms. The molecule has 0 amide bonds. The monoisotopic (exact) mass is 270 g/mol. The molecule has 1 aliphatic heterocycles. The van der Waals surface area contributed by atoms with Crippen LogP contribution < -0.4 is 5.32 Å². The van der Waals surface area contributed by atoms with Gasteiger partial charge in [0, 0.05) is 37.3 Å². The van der Waals surface area contributed by atoms with Crippen molar-refractivity contribution in [3.05, 3.63) is 42.1 Å². The molecule has 0 spiro atoms. The van der Waals surface area contributed by atoms with E-state index in [-0.39, 0.29) is 5.54 Å². The van der Waals surface area contributed by atoms with Crippen molar-refractivity contribution in [1.82, 2.24) is 20.4 Å². The fraction of sp³-hybridized carbons (Fsp3) is 0.438. The molecule has 0 saturated carbocycles. The van der Waals surface area contributed by atoms with E-state index < -0.39 is 0 Å². The molecular formula is C16H22N4. The highest BCUT2D eigenvalue weighted by Gasteiger charge is 2.26. The summed E-state index contributed by atoms with van der Waals surface area (Å²) >= 11 is 0. The van der Waals surface area contributed by atoms with Crippen molar-refractivity contribution >= 4 is 0 Å². The van der Waals surface area contributed by atoms with Crippen LogP contribution in [0.2, 0.25) is 0 Å². The summed E-state index contributed by atoms with van der Waals surface area (Å²) in [6.07, 6.45) is 1.96. The van der Waals surface area contributed by atoms with Gasteiger partial charge in [-0.3, -0.25) is 10.00 Å². The minimum atomic E-state index is 0.189. The Morgan fingerprint density at radius 1 is 1.25 bits per heavy atom. The van der Waals surface area contributed by atoms with E-state index >= 15 is 0 Å². The number of H-pyrrole nitrogens is 1. The van der Waals surface area contributed by atoms with Crippen molar-refractivity contribution in [3.8, 4) is 11.3 Å². The second-order valence-corrected chi connectivity index (χ2v) is 6.16. The van der Waals surface area contributed by atoms with Crippen molar-refractivity contribution in [3.63, 3.8) is 0 Å². The summed E-state index contributed by atoms with van der Waals surface area (Å²) in [4.78, 5) is 2.49. The first-order valence-electron chi connectivity index (χ1n) is 7.19. The van der Waals surface area contributed by atoms with Crippen LogP contribution in [0.3, 0.4) is 0 Å². The lowest BCUT2D eigenvalue weighted by molar-refractivity contribution is 0.148. The maximum Gasteiger partial charge on any atom is 0.0695 e. The standard InChI is InChI=1S/C16H22N4/c1-16(2)12-20(9-8-17-16)11-14-10-18-19-15(14)13-6-4-3-5-7-13/h3-7,10,17H,8-9,11-12H2,1-2H3,(H,18,19). The van der Waals surface area contributed by atoms with E-state index in [1.54, 1.807) is 0 Å². The average Bonchev–Trinajstić information content (AvgIpc) is 2.87. The van der Waals surface area contributed by atoms with Gasteiger partial charge in [0.1, 0.15) is 0 Å². The topological polar surface area (TPSA) is 44.0 Å². The Balaban J connectivity index is 1.77. The molecule has 1 aromatic carbocycles. The molecule has 0 aliphatic carbocycles. The van der Waals surface area contributed by atoms with Gasteiger partial charge >= 0.3 is 0 Å². The molecule has 1 fully saturated rings. The molecule has 0 atom stereocenters. The van der Waals surface area contributed by atoms with E-state index in [9.17, 15) is 0 Å². The predicted molar refractivity (Wildman–Crippen MR) is 81.4 cm³/mol. The highest BCUT2D eigenvalue weighted by atomic mass is 15.2. The van der Waals surface area contributed by atoms with Gasteiger partial charge in [0.2, 0.25) is 0 Å². The number of benzene rings is 1. The maximum absolute atomic E-state index is 4.23. The molecule has 106 valence electrons. The Morgan fingerprint density at radius 2 is 2.05 bits per heavy atom. The molecule has 4 heteroatoms. The van der Waals surface area contributed by atoms with Crippen LogP contribution in [0.1, 0.15) is 19.4 Å². The minimum Gasteiger partial charge on any atom is -0.309 e. The summed E-state index contributed by atoms with van der Waals surface area (Å²) in [5.41, 5.74) is 3.81. The lowest BCUT2D eigenvalue weighted by Crippen LogP contribution is -2.56. The van der Waals surface area contributed by atoms with Gasteiger partial charge in [-0.1, -0.05) is 30.3 Å². The van der Waals surface area contributed by atoms with Gasteiger partial charge in [-0.15, -0.1) is 0 Å². The Hall–Kier alpha value is -1.65. The lowest BCUT2D eigenvalue weighted by Gasteiger charge is -2.39. The second-order valence-electron chi connectivity index (χ2n) is 6.16. The van der Waals surface area contributed by atoms with Gasteiger partial charge in [0.25, 0.3) is 0 Å². The molecule has 3 rings (SSSR count). The Bertz CT molecular complexity index is 559. The molecule has 20 heavy (non-hydrogen) atoms. The first kappa shape index (κ1) is 13.3. The molecular weight excluding hydrogens is 248 g/mol. The Kier molecular flexibility index (Phi) is 3.59. The zero-order valence-corrected chi connectivity index (χ0v) is 12.2. The van der Waals surface area contributed by atoms with Crippen molar-refractivity contribution in [1.29, 1.82) is 0 Å². The fourth-order valence-electron chi connectivity index (χ4n) is 2.91. The molecule has 1 aromatic heterocycles. The van der Waals surface area contributed by atoms with Crippen LogP contribution in [0.15, 0.2) is 36.5 Å². The van der Waals surface area contributed by atoms with E-state index in [4.69, 9.17) is 0 Å². The third-order valence-corrected chi connectivity index (χ3v) is 3.82. The SMILES string of the molecule is CC1(C)CN(Cc2cn[nH]c2-c2ccccc2)CCN1. The zero-order chi connectivity index (χ0) is 14.0. The number of rotatable bonds is 3. The number of hydrogen-bond acceptors (Lipinski definition) is 3. The van der Waals surface area contributed by atoms with Crippen LogP contribution in [-0.2, 0) is 6.54 Å². The number of piperazine rings is 1. The number of aromatic nitrogens is 2. The molecule has 4 nitrogen and oxygen atoms in total. The van der Waals surface area contributed by atoms with Crippen molar-refractivity contribution in [2.45, 2.75) is 25.9 Å². The van der Waals surface area contributed by atoms with Gasteiger partial charge in [-0.05, 0) is 19.4 Å². The quantitative estimate of drug-likeness (QED) is 0.899. The van der Waals surface area contributed by atoms with Crippen molar-refractivity contribution < 1.29 is 0 Å². The largest absolute Gasteiger partial charge is 0.309 e. The predicted octanol–water partition coefficient (Wildman–Crippen LogP) is 2.26. The third-order valence-electron chi connectivity index (χ3n) is 3.82. The number of nitrogens with one attached hydrogen (secondary N) is 2. The van der Waals surface area contributed by atoms with Gasteiger partial charge in [0.15, 0.2) is 0 Å². The van der Waals surface area contributed by atoms with E-state index in [2.05, 4.69) is 58.5 Å². The molecule has 1 saturated heterocycles. The van der Waals surface area contributed by atoms with Crippen LogP contribution in [0.4, 0.5) is 0 Å². The highest BCUT2D eigenvalue weighted by Crippen LogP contribution is 2.23. The third kappa shape index (κ3) is 2.92. The first-order chi connectivity index (χ1) is 9.64. The number of aromatic amines is 1. The summed E-state index contributed by atoms with van der Waals surface area (Å²) in [6, 6.07) is 10.4. The van der Waals surface area contributed by atoms with Crippen LogP contribution in [0.5, 0.6) is 0 Å². The molecule has 2 aromatic rings. The molecule has 2 N–H and O–H groups in total. The van der Waals surface area contributed by atoms with E-state index in [0.717, 1.165) is 31.9 Å². The lowest BCUT2D eigenvalue weighted by atomic mass is 10.0. The van der Waals surface area contributed by atoms with Gasteiger partial charge in [-0.25, -0.2) is 0 Å². The summed E-state index contributed by atoms with van der Waals surface area (Å²) < 4.78 is 0. The van der Waals surface area contributed by atoms with E-state index in [0.29, 0.717) is 0 Å². The zero-order valence-electron chi connectivity index (χ0n) is 12.2. The van der Waals surface area contributed by atoms with Crippen LogP contribution in [0.25, 0.3) is 11.3 Å². The smallest absolute Gasteiger partial charge is 0.0695 e. The summed E-state index contributed by atoms with van der Waals surface area (Å²) in [5, 5.41) is 10.9. The Morgan fingerprint density at radius 3 is 2.80 bits per heavy atom. The van der Waals surface area contributed by atoms with Crippen molar-refractivity contribution in [2.24, 2.45) is 0 Å². The van der Waals surface area contributed by atoms with E-state index in [1.807, 2.05) is 12.3 Å². The highest BCUT2D eigenvalue weighted by molar-refractivity contribution is 5.62. The van der Waals surface area contributed by atoms with E-state index in [1.165, 1.54) is 11.1 Å². The normalized spacial score (nSPS) is 19.1. The summed E-state index contributed by atoms with van der Waals surface area (Å²) in [7, 11) is 0. The average molecular weight is 270 g/mol. The van der Waals surface area contributed by atoms with Crippen molar-refractivity contribution in [2.75, 3.05) is 19.6 Å². The number of nitrogens with zero attached hydrogens (tertiary/aromatic N) is 2. The van der Waals surface area contributed by atoms with Gasteiger partial charge < -0.3 is 5.32 Å². The molecule has 0 radical (unpaired) electrons. The summed E-state index contributed by atoms with van der Waals surface area (Å²) in [6.45, 7) is 8.66. The van der Waals surface area contributed by atoms with Gasteiger partial charge in [-0.2, -0.15) is 5.10 Å². The Labute approximate surface area is 120 Å². The fourth-order valence-corrected chi connectivity index (χ4v) is 2.91. The summed E-state index contributed by atoms with van der Waals surface area (Å²) in [5.74, 6) is 0. The minimum absolute atomic E-state index is 0.189. The van der Waals surface area contributed by atoms with Gasteiger partial charge in [0.05, 0.1) is 11.9 Å². The molecule has 2 heterocycles. The van der Waals surface area contributed by atoms with Crippen LogP contribution in [0, 0.1) is 0 Å². The first-order valence-corrected chi connectivity index (χ1v) is 7.19. The number of hydrogen-bond donors (Lipinski definition) is 2. The van der Waals surface area contributed by atoms with Crippen LogP contribution in [-0.4, -0.2) is 40.3 Å². The molecule has 1 aliphatic rings. The second kappa shape index (κ2) is 5.38. The molecule has 0 unspecified atom stereocenters. The van der Waals surface area contributed by atoms with Crippen LogP contribution >= 0.6 is 0 Å². The maximum atomic E-state index is 4.23.